The molecule has 0 bridgehead atoms. The molecule has 0 spiro atoms. The topological polar surface area (TPSA) is 72.0 Å². The van der Waals surface area contributed by atoms with Crippen LogP contribution in [0, 0.1) is 0 Å². The van der Waals surface area contributed by atoms with Crippen LogP contribution in [0.3, 0.4) is 0 Å². The number of ether oxygens (including phenoxy) is 1. The summed E-state index contributed by atoms with van der Waals surface area (Å²) in [5.41, 5.74) is 1.24. The Morgan fingerprint density at radius 2 is 1.96 bits per heavy atom. The molecule has 1 aromatic heterocycles. The highest BCUT2D eigenvalue weighted by molar-refractivity contribution is 5.38. The third kappa shape index (κ3) is 4.55. The monoisotopic (exact) mass is 313 g/mol. The largest absolute Gasteiger partial charge is 0.497 e. The van der Waals surface area contributed by atoms with Gasteiger partial charge < -0.3 is 15.4 Å². The first-order valence-electron chi connectivity index (χ1n) is 8.16. The third-order valence-electron chi connectivity index (χ3n) is 4.12. The van der Waals surface area contributed by atoms with Crippen LogP contribution in [0.2, 0.25) is 0 Å². The van der Waals surface area contributed by atoms with Crippen molar-refractivity contribution in [3.05, 3.63) is 36.0 Å². The summed E-state index contributed by atoms with van der Waals surface area (Å²) >= 11 is 0. The van der Waals surface area contributed by atoms with Crippen LogP contribution in [0.15, 0.2) is 30.5 Å². The van der Waals surface area contributed by atoms with Crippen molar-refractivity contribution in [2.24, 2.45) is 0 Å². The van der Waals surface area contributed by atoms with Crippen molar-refractivity contribution >= 4 is 11.8 Å². The molecule has 0 amide bonds. The minimum absolute atomic E-state index is 0.527. The summed E-state index contributed by atoms with van der Waals surface area (Å²) in [5, 5.41) is 14.7. The number of nitrogens with one attached hydrogen (secondary N) is 2. The van der Waals surface area contributed by atoms with Crippen molar-refractivity contribution in [2.75, 3.05) is 24.3 Å². The molecule has 122 valence electrons. The van der Waals surface area contributed by atoms with E-state index in [1.54, 1.807) is 13.3 Å². The van der Waals surface area contributed by atoms with Crippen LogP contribution in [0.25, 0.3) is 0 Å². The number of hydrogen-bond donors (Lipinski definition) is 2. The van der Waals surface area contributed by atoms with E-state index < -0.39 is 0 Å². The van der Waals surface area contributed by atoms with E-state index >= 15 is 0 Å². The SMILES string of the molecule is COc1ccc(CCNc2nncc(NC3CCCC3)n2)cc1. The fourth-order valence-electron chi connectivity index (χ4n) is 2.84. The first-order valence-corrected chi connectivity index (χ1v) is 8.16. The van der Waals surface area contributed by atoms with Gasteiger partial charge in [0.2, 0.25) is 5.95 Å². The minimum atomic E-state index is 0.527. The molecule has 0 atom stereocenters. The van der Waals surface area contributed by atoms with Gasteiger partial charge in [-0.3, -0.25) is 0 Å². The molecule has 6 heteroatoms. The fraction of sp³-hybridized carbons (Fsp3) is 0.471. The van der Waals surface area contributed by atoms with Gasteiger partial charge in [-0.25, -0.2) is 0 Å². The molecule has 2 N–H and O–H groups in total. The van der Waals surface area contributed by atoms with Crippen LogP contribution in [0.5, 0.6) is 5.75 Å². The highest BCUT2D eigenvalue weighted by Gasteiger charge is 2.15. The van der Waals surface area contributed by atoms with E-state index in [1.165, 1.54) is 31.2 Å². The van der Waals surface area contributed by atoms with Crippen LogP contribution < -0.4 is 15.4 Å². The maximum atomic E-state index is 5.16. The highest BCUT2D eigenvalue weighted by Crippen LogP contribution is 2.21. The fourth-order valence-corrected chi connectivity index (χ4v) is 2.84. The van der Waals surface area contributed by atoms with Crippen molar-refractivity contribution in [3.63, 3.8) is 0 Å². The van der Waals surface area contributed by atoms with Gasteiger partial charge >= 0.3 is 0 Å². The Morgan fingerprint density at radius 3 is 2.70 bits per heavy atom. The van der Waals surface area contributed by atoms with Gasteiger partial charge in [0, 0.05) is 12.6 Å². The minimum Gasteiger partial charge on any atom is -0.497 e. The van der Waals surface area contributed by atoms with E-state index in [1.807, 2.05) is 12.1 Å². The van der Waals surface area contributed by atoms with Crippen molar-refractivity contribution < 1.29 is 4.74 Å². The molecule has 1 heterocycles. The number of methoxy groups -OCH3 is 1. The lowest BCUT2D eigenvalue weighted by Crippen LogP contribution is -2.17. The molecule has 23 heavy (non-hydrogen) atoms. The first-order chi connectivity index (χ1) is 11.3. The lowest BCUT2D eigenvalue weighted by Gasteiger charge is -2.12. The summed E-state index contributed by atoms with van der Waals surface area (Å²) < 4.78 is 5.16. The Hall–Kier alpha value is -2.37. The van der Waals surface area contributed by atoms with E-state index in [2.05, 4.69) is 37.9 Å². The van der Waals surface area contributed by atoms with Crippen LogP contribution in [-0.4, -0.2) is 34.9 Å². The molecule has 0 unspecified atom stereocenters. The maximum Gasteiger partial charge on any atom is 0.244 e. The second-order valence-electron chi connectivity index (χ2n) is 5.82. The van der Waals surface area contributed by atoms with Crippen molar-refractivity contribution in [1.29, 1.82) is 0 Å². The number of rotatable bonds is 7. The molecule has 3 rings (SSSR count). The zero-order chi connectivity index (χ0) is 15.9. The van der Waals surface area contributed by atoms with Crippen LogP contribution in [-0.2, 0) is 6.42 Å². The smallest absolute Gasteiger partial charge is 0.244 e. The summed E-state index contributed by atoms with van der Waals surface area (Å²) in [4.78, 5) is 4.48. The zero-order valence-electron chi connectivity index (χ0n) is 13.5. The normalized spacial score (nSPS) is 14.7. The molecule has 0 saturated heterocycles. The van der Waals surface area contributed by atoms with E-state index in [0.29, 0.717) is 12.0 Å². The van der Waals surface area contributed by atoms with Gasteiger partial charge in [0.25, 0.3) is 0 Å². The Bertz CT molecular complexity index is 611. The van der Waals surface area contributed by atoms with Crippen LogP contribution in [0.4, 0.5) is 11.8 Å². The summed E-state index contributed by atoms with van der Waals surface area (Å²) in [5.74, 6) is 2.25. The molecule has 6 nitrogen and oxygen atoms in total. The highest BCUT2D eigenvalue weighted by atomic mass is 16.5. The molecule has 0 aliphatic heterocycles. The molecular weight excluding hydrogens is 290 g/mol. The molecule has 1 aromatic carbocycles. The van der Waals surface area contributed by atoms with E-state index in [0.717, 1.165) is 24.5 Å². The van der Waals surface area contributed by atoms with E-state index in [9.17, 15) is 0 Å². The molecule has 1 aliphatic carbocycles. The molecule has 1 fully saturated rings. The van der Waals surface area contributed by atoms with Gasteiger partial charge in [-0.05, 0) is 37.0 Å². The first kappa shape index (κ1) is 15.5. The number of anilines is 2. The Balaban J connectivity index is 1.49. The van der Waals surface area contributed by atoms with Gasteiger partial charge in [-0.15, -0.1) is 5.10 Å². The number of hydrogen-bond acceptors (Lipinski definition) is 6. The average molecular weight is 313 g/mol. The van der Waals surface area contributed by atoms with Crippen molar-refractivity contribution in [2.45, 2.75) is 38.1 Å². The number of nitrogens with zero attached hydrogens (tertiary/aromatic N) is 3. The quantitative estimate of drug-likeness (QED) is 0.819. The number of benzene rings is 1. The molecular formula is C17H23N5O. The summed E-state index contributed by atoms with van der Waals surface area (Å²) in [6.07, 6.45) is 7.60. The van der Waals surface area contributed by atoms with Gasteiger partial charge in [0.05, 0.1) is 13.3 Å². The van der Waals surface area contributed by atoms with Gasteiger partial charge in [-0.2, -0.15) is 10.1 Å². The summed E-state index contributed by atoms with van der Waals surface area (Å²) in [7, 11) is 1.67. The molecule has 2 aromatic rings. The molecule has 0 radical (unpaired) electrons. The Kier molecular flexibility index (Phi) is 5.24. The van der Waals surface area contributed by atoms with E-state index in [-0.39, 0.29) is 0 Å². The second-order valence-corrected chi connectivity index (χ2v) is 5.82. The lowest BCUT2D eigenvalue weighted by molar-refractivity contribution is 0.414. The van der Waals surface area contributed by atoms with Gasteiger partial charge in [-0.1, -0.05) is 25.0 Å². The Labute approximate surface area is 136 Å². The van der Waals surface area contributed by atoms with Crippen LogP contribution in [0.1, 0.15) is 31.2 Å². The van der Waals surface area contributed by atoms with E-state index in [4.69, 9.17) is 4.74 Å². The average Bonchev–Trinajstić information content (AvgIpc) is 3.09. The van der Waals surface area contributed by atoms with Gasteiger partial charge in [0.1, 0.15) is 5.75 Å². The Morgan fingerprint density at radius 1 is 1.17 bits per heavy atom. The number of aromatic nitrogens is 3. The summed E-state index contributed by atoms with van der Waals surface area (Å²) in [6, 6.07) is 8.60. The zero-order valence-corrected chi connectivity index (χ0v) is 13.5. The third-order valence-corrected chi connectivity index (χ3v) is 4.12. The second kappa shape index (κ2) is 7.76. The van der Waals surface area contributed by atoms with Crippen LogP contribution >= 0.6 is 0 Å². The lowest BCUT2D eigenvalue weighted by atomic mass is 10.1. The maximum absolute atomic E-state index is 5.16. The molecule has 1 aliphatic rings. The van der Waals surface area contributed by atoms with Gasteiger partial charge in [0.15, 0.2) is 5.82 Å². The van der Waals surface area contributed by atoms with Crippen molar-refractivity contribution in [3.8, 4) is 5.75 Å². The van der Waals surface area contributed by atoms with Crippen molar-refractivity contribution in [1.82, 2.24) is 15.2 Å². The summed E-state index contributed by atoms with van der Waals surface area (Å²) in [6.45, 7) is 0.765. The standard InChI is InChI=1S/C17H23N5O/c1-23-15-8-6-13(7-9-15)10-11-18-17-21-16(12-19-22-17)20-14-4-2-3-5-14/h6-9,12,14H,2-5,10-11H2,1H3,(H2,18,20,21,22). The predicted molar refractivity (Wildman–Crippen MR) is 90.9 cm³/mol. The molecule has 1 saturated carbocycles. The predicted octanol–water partition coefficient (Wildman–Crippen LogP) is 2.89.